The van der Waals surface area contributed by atoms with Gasteiger partial charge in [0.2, 0.25) is 0 Å². The lowest BCUT2D eigenvalue weighted by Gasteiger charge is -2.15. The molecule has 2 rings (SSSR count). The van der Waals surface area contributed by atoms with Gasteiger partial charge in [-0.05, 0) is 37.3 Å². The molecule has 0 aliphatic carbocycles. The van der Waals surface area contributed by atoms with E-state index < -0.39 is 41.1 Å². The number of carbonyl (C=O) groups is 2. The molecule has 2 aromatic rings. The van der Waals surface area contributed by atoms with Crippen molar-refractivity contribution >= 4 is 34.9 Å². The van der Waals surface area contributed by atoms with Crippen LogP contribution >= 0.6 is 11.6 Å². The van der Waals surface area contributed by atoms with Crippen LogP contribution in [0.4, 0.5) is 24.5 Å². The second-order valence-corrected chi connectivity index (χ2v) is 5.43. The molecule has 0 saturated heterocycles. The molecule has 25 heavy (non-hydrogen) atoms. The molecule has 0 radical (unpaired) electrons. The van der Waals surface area contributed by atoms with E-state index in [1.54, 1.807) is 0 Å². The van der Waals surface area contributed by atoms with E-state index in [2.05, 4.69) is 0 Å². The van der Waals surface area contributed by atoms with Gasteiger partial charge in [0.25, 0.3) is 5.91 Å². The van der Waals surface area contributed by atoms with Gasteiger partial charge in [0.15, 0.2) is 23.6 Å². The Balaban J connectivity index is 2.08. The van der Waals surface area contributed by atoms with E-state index >= 15 is 0 Å². The summed E-state index contributed by atoms with van der Waals surface area (Å²) < 4.78 is 44.5. The van der Waals surface area contributed by atoms with Crippen LogP contribution in [0, 0.1) is 17.5 Å². The van der Waals surface area contributed by atoms with Gasteiger partial charge in [-0.3, -0.25) is 4.79 Å². The fraction of sp³-hybridized carbons (Fsp3) is 0.125. The molecule has 0 aliphatic rings. The van der Waals surface area contributed by atoms with Crippen molar-refractivity contribution in [1.82, 2.24) is 0 Å². The van der Waals surface area contributed by atoms with Crippen LogP contribution in [0.3, 0.4) is 0 Å². The van der Waals surface area contributed by atoms with E-state index in [0.717, 1.165) is 6.07 Å². The minimum atomic E-state index is -1.73. The Bertz CT molecular complexity index is 846. The molecule has 5 nitrogen and oxygen atoms in total. The van der Waals surface area contributed by atoms with E-state index in [4.69, 9.17) is 22.1 Å². The molecule has 2 aromatic carbocycles. The Morgan fingerprint density at radius 1 is 1.16 bits per heavy atom. The number of esters is 1. The lowest BCUT2D eigenvalue weighted by Crippen LogP contribution is -2.30. The normalized spacial score (nSPS) is 11.7. The Morgan fingerprint density at radius 2 is 1.84 bits per heavy atom. The summed E-state index contributed by atoms with van der Waals surface area (Å²) in [7, 11) is 0. The highest BCUT2D eigenvalue weighted by atomic mass is 35.5. The van der Waals surface area contributed by atoms with Crippen LogP contribution in [0.2, 0.25) is 5.02 Å². The van der Waals surface area contributed by atoms with Gasteiger partial charge in [0, 0.05) is 10.7 Å². The summed E-state index contributed by atoms with van der Waals surface area (Å²) in [5.74, 6) is -6.52. The average Bonchev–Trinajstić information content (AvgIpc) is 2.55. The van der Waals surface area contributed by atoms with Crippen molar-refractivity contribution < 1.29 is 27.5 Å². The Kier molecular flexibility index (Phi) is 5.53. The average molecular weight is 373 g/mol. The zero-order valence-corrected chi connectivity index (χ0v) is 13.5. The molecule has 0 aliphatic heterocycles. The van der Waals surface area contributed by atoms with Crippen molar-refractivity contribution in [2.24, 2.45) is 0 Å². The van der Waals surface area contributed by atoms with Crippen LogP contribution < -0.4 is 11.1 Å². The third-order valence-corrected chi connectivity index (χ3v) is 3.41. The van der Waals surface area contributed by atoms with Gasteiger partial charge in [0.05, 0.1) is 11.3 Å². The van der Waals surface area contributed by atoms with Crippen LogP contribution in [-0.2, 0) is 9.53 Å². The van der Waals surface area contributed by atoms with E-state index in [0.29, 0.717) is 11.1 Å². The highest BCUT2D eigenvalue weighted by Crippen LogP contribution is 2.21. The van der Waals surface area contributed by atoms with Crippen LogP contribution in [0.25, 0.3) is 0 Å². The van der Waals surface area contributed by atoms with Gasteiger partial charge in [-0.1, -0.05) is 11.6 Å². The predicted molar refractivity (Wildman–Crippen MR) is 85.7 cm³/mol. The molecular formula is C16H12ClF3N2O3. The monoisotopic (exact) mass is 372 g/mol. The predicted octanol–water partition coefficient (Wildman–Crippen LogP) is 3.52. The van der Waals surface area contributed by atoms with Crippen LogP contribution in [0.1, 0.15) is 17.3 Å². The number of nitrogens with one attached hydrogen (secondary N) is 1. The van der Waals surface area contributed by atoms with Crippen molar-refractivity contribution in [3.8, 4) is 0 Å². The molecule has 0 aromatic heterocycles. The van der Waals surface area contributed by atoms with Gasteiger partial charge in [0.1, 0.15) is 0 Å². The first-order valence-electron chi connectivity index (χ1n) is 6.91. The molecule has 0 spiro atoms. The number of amides is 1. The highest BCUT2D eigenvalue weighted by molar-refractivity contribution is 6.31. The Hall–Kier alpha value is -2.74. The number of benzene rings is 2. The fourth-order valence-corrected chi connectivity index (χ4v) is 2.03. The first-order chi connectivity index (χ1) is 11.7. The molecular weight excluding hydrogens is 361 g/mol. The topological polar surface area (TPSA) is 81.4 Å². The summed E-state index contributed by atoms with van der Waals surface area (Å²) in [5, 5.41) is 2.32. The molecule has 0 fully saturated rings. The lowest BCUT2D eigenvalue weighted by atomic mass is 10.2. The summed E-state index contributed by atoms with van der Waals surface area (Å²) in [5.41, 5.74) is 5.09. The maximum atomic E-state index is 13.5. The molecule has 9 heteroatoms. The summed E-state index contributed by atoms with van der Waals surface area (Å²) >= 11 is 5.72. The summed E-state index contributed by atoms with van der Waals surface area (Å²) in [6, 6.07) is 5.56. The molecule has 1 atom stereocenters. The Labute approximate surface area is 145 Å². The molecule has 132 valence electrons. The zero-order valence-electron chi connectivity index (χ0n) is 12.8. The second-order valence-electron chi connectivity index (χ2n) is 4.99. The summed E-state index contributed by atoms with van der Waals surface area (Å²) in [6.07, 6.45) is -1.35. The first kappa shape index (κ1) is 18.6. The van der Waals surface area contributed by atoms with Gasteiger partial charge < -0.3 is 15.8 Å². The number of nitrogen functional groups attached to an aromatic ring is 1. The molecule has 0 bridgehead atoms. The molecule has 0 saturated carbocycles. The quantitative estimate of drug-likeness (QED) is 0.489. The van der Waals surface area contributed by atoms with E-state index in [1.807, 2.05) is 5.32 Å². The van der Waals surface area contributed by atoms with E-state index in [9.17, 15) is 22.8 Å². The molecule has 1 amide bonds. The standard InChI is InChI=1S/C16H12ClF3N2O3/c1-7(25-16(24)9-3-2-8(17)6-11(9)21)15(23)22-12-5-4-10(18)13(19)14(12)20/h2-7H,21H2,1H3,(H,22,23)/t7-/m0/s1. The van der Waals surface area contributed by atoms with Crippen LogP contribution in [-0.4, -0.2) is 18.0 Å². The first-order valence-corrected chi connectivity index (χ1v) is 7.29. The van der Waals surface area contributed by atoms with Gasteiger partial charge in [-0.15, -0.1) is 0 Å². The summed E-state index contributed by atoms with van der Waals surface area (Å²) in [6.45, 7) is 1.22. The number of ether oxygens (including phenoxy) is 1. The second kappa shape index (κ2) is 7.43. The van der Waals surface area contributed by atoms with Crippen molar-refractivity contribution in [3.63, 3.8) is 0 Å². The minimum absolute atomic E-state index is 0.0111. The van der Waals surface area contributed by atoms with Crippen molar-refractivity contribution in [2.75, 3.05) is 11.1 Å². The Morgan fingerprint density at radius 3 is 2.48 bits per heavy atom. The van der Waals surface area contributed by atoms with Crippen molar-refractivity contribution in [3.05, 3.63) is 58.4 Å². The molecule has 0 heterocycles. The highest BCUT2D eigenvalue weighted by Gasteiger charge is 2.22. The smallest absolute Gasteiger partial charge is 0.341 e. The number of anilines is 2. The van der Waals surface area contributed by atoms with Gasteiger partial charge >= 0.3 is 5.97 Å². The number of halogens is 4. The third kappa shape index (κ3) is 4.21. The third-order valence-electron chi connectivity index (χ3n) is 3.18. The van der Waals surface area contributed by atoms with E-state index in [1.165, 1.54) is 25.1 Å². The number of rotatable bonds is 4. The number of hydrogen-bond acceptors (Lipinski definition) is 4. The fourth-order valence-electron chi connectivity index (χ4n) is 1.85. The van der Waals surface area contributed by atoms with Crippen LogP contribution in [0.5, 0.6) is 0 Å². The maximum Gasteiger partial charge on any atom is 0.341 e. The zero-order chi connectivity index (χ0) is 18.7. The number of nitrogens with two attached hydrogens (primary N) is 1. The van der Waals surface area contributed by atoms with Gasteiger partial charge in [-0.2, -0.15) is 0 Å². The number of carbonyl (C=O) groups excluding carboxylic acids is 2. The number of hydrogen-bond donors (Lipinski definition) is 2. The van der Waals surface area contributed by atoms with Crippen LogP contribution in [0.15, 0.2) is 30.3 Å². The minimum Gasteiger partial charge on any atom is -0.449 e. The van der Waals surface area contributed by atoms with E-state index in [-0.39, 0.29) is 11.3 Å². The lowest BCUT2D eigenvalue weighted by molar-refractivity contribution is -0.123. The van der Waals surface area contributed by atoms with Gasteiger partial charge in [-0.25, -0.2) is 18.0 Å². The molecule has 0 unspecified atom stereocenters. The van der Waals surface area contributed by atoms with Crippen molar-refractivity contribution in [1.29, 1.82) is 0 Å². The summed E-state index contributed by atoms with van der Waals surface area (Å²) in [4.78, 5) is 23.9. The largest absolute Gasteiger partial charge is 0.449 e. The SMILES string of the molecule is C[C@H](OC(=O)c1ccc(Cl)cc1N)C(=O)Nc1ccc(F)c(F)c1F. The maximum absolute atomic E-state index is 13.5. The molecule has 3 N–H and O–H groups in total. The van der Waals surface area contributed by atoms with Crippen molar-refractivity contribution in [2.45, 2.75) is 13.0 Å².